The molecule has 0 spiro atoms. The molecule has 0 saturated heterocycles. The Labute approximate surface area is 132 Å². The van der Waals surface area contributed by atoms with Crippen molar-refractivity contribution in [3.8, 4) is 5.75 Å². The average molecular weight is 334 g/mol. The zero-order valence-corrected chi connectivity index (χ0v) is 14.5. The predicted molar refractivity (Wildman–Crippen MR) is 87.4 cm³/mol. The fourth-order valence-electron chi connectivity index (χ4n) is 1.93. The van der Waals surface area contributed by atoms with Crippen LogP contribution in [0.5, 0.6) is 5.75 Å². The lowest BCUT2D eigenvalue weighted by Gasteiger charge is -2.17. The molecule has 0 aliphatic heterocycles. The van der Waals surface area contributed by atoms with Crippen LogP contribution in [0.1, 0.15) is 39.3 Å². The molecular formula is C15H24ClNO3S. The van der Waals surface area contributed by atoms with Crippen LogP contribution < -0.4 is 9.46 Å². The quantitative estimate of drug-likeness (QED) is 0.742. The largest absolute Gasteiger partial charge is 0.491 e. The molecule has 0 aromatic heterocycles. The van der Waals surface area contributed by atoms with E-state index in [1.165, 1.54) is 0 Å². The minimum Gasteiger partial charge on any atom is -0.491 e. The predicted octanol–water partition coefficient (Wildman–Crippen LogP) is 3.33. The topological polar surface area (TPSA) is 55.4 Å². The van der Waals surface area contributed by atoms with E-state index < -0.39 is 10.0 Å². The summed E-state index contributed by atoms with van der Waals surface area (Å²) < 4.78 is 32.4. The molecule has 0 fully saturated rings. The zero-order chi connectivity index (χ0) is 16.0. The summed E-state index contributed by atoms with van der Waals surface area (Å²) in [4.78, 5) is 0. The second-order valence-corrected chi connectivity index (χ2v) is 7.73. The third kappa shape index (κ3) is 6.68. The van der Waals surface area contributed by atoms with Gasteiger partial charge in [-0.3, -0.25) is 0 Å². The molecule has 2 unspecified atom stereocenters. The van der Waals surface area contributed by atoms with Crippen LogP contribution in [0.3, 0.4) is 0 Å². The van der Waals surface area contributed by atoms with Crippen LogP contribution in [0.2, 0.25) is 0 Å². The molecule has 1 aromatic rings. The van der Waals surface area contributed by atoms with Gasteiger partial charge in [0.25, 0.3) is 0 Å². The molecule has 4 nitrogen and oxygen atoms in total. The highest BCUT2D eigenvalue weighted by molar-refractivity contribution is 7.89. The summed E-state index contributed by atoms with van der Waals surface area (Å²) in [5.41, 5.74) is 0.871. The van der Waals surface area contributed by atoms with Gasteiger partial charge >= 0.3 is 0 Å². The van der Waals surface area contributed by atoms with Gasteiger partial charge in [0.2, 0.25) is 10.0 Å². The molecule has 0 heterocycles. The van der Waals surface area contributed by atoms with Crippen molar-refractivity contribution < 1.29 is 13.2 Å². The number of benzene rings is 1. The summed E-state index contributed by atoms with van der Waals surface area (Å²) in [6.07, 6.45) is 0.0804. The van der Waals surface area contributed by atoms with Gasteiger partial charge in [0.15, 0.2) is 0 Å². The number of rotatable bonds is 8. The first-order valence-corrected chi connectivity index (χ1v) is 9.24. The molecule has 1 rings (SSSR count). The van der Waals surface area contributed by atoms with Crippen molar-refractivity contribution in [1.82, 2.24) is 4.72 Å². The van der Waals surface area contributed by atoms with Gasteiger partial charge in [-0.25, -0.2) is 13.1 Å². The van der Waals surface area contributed by atoms with Gasteiger partial charge in [-0.05, 0) is 44.4 Å². The monoisotopic (exact) mass is 333 g/mol. The Bertz CT molecular complexity index is 546. The number of hydrogen-bond donors (Lipinski definition) is 1. The number of nitrogens with one attached hydrogen (secondary N) is 1. The summed E-state index contributed by atoms with van der Waals surface area (Å²) >= 11 is 5.67. The molecule has 1 aromatic carbocycles. The van der Waals surface area contributed by atoms with Gasteiger partial charge in [-0.15, -0.1) is 11.6 Å². The molecule has 0 aliphatic carbocycles. The number of alkyl halides is 1. The van der Waals surface area contributed by atoms with Crippen molar-refractivity contribution in [3.63, 3.8) is 0 Å². The fourth-order valence-corrected chi connectivity index (χ4v) is 3.81. The van der Waals surface area contributed by atoms with Crippen LogP contribution in [0.15, 0.2) is 24.3 Å². The maximum Gasteiger partial charge on any atom is 0.212 e. The van der Waals surface area contributed by atoms with Crippen molar-refractivity contribution in [2.45, 2.75) is 39.8 Å². The minimum absolute atomic E-state index is 0.0308. The summed E-state index contributed by atoms with van der Waals surface area (Å²) in [7, 11) is -3.35. The van der Waals surface area contributed by atoms with Crippen LogP contribution >= 0.6 is 11.6 Å². The standard InChI is InChI=1S/C15H24ClNO3S/c1-11(2)20-15-7-5-6-14(8-15)13(4)17-21(18,19)10-12(3)9-16/h5-8,11-13,17H,9-10H2,1-4H3. The molecule has 120 valence electrons. The molecule has 0 aliphatic rings. The first kappa shape index (κ1) is 18.3. The Hall–Kier alpha value is -0.780. The zero-order valence-electron chi connectivity index (χ0n) is 13.0. The second-order valence-electron chi connectivity index (χ2n) is 5.62. The maximum absolute atomic E-state index is 12.0. The minimum atomic E-state index is -3.35. The van der Waals surface area contributed by atoms with E-state index in [0.717, 1.165) is 11.3 Å². The Morgan fingerprint density at radius 2 is 1.90 bits per heavy atom. The molecule has 2 atom stereocenters. The molecule has 21 heavy (non-hydrogen) atoms. The van der Waals surface area contributed by atoms with E-state index in [1.54, 1.807) is 0 Å². The SMILES string of the molecule is CC(CCl)CS(=O)(=O)NC(C)c1cccc(OC(C)C)c1. The third-order valence-electron chi connectivity index (χ3n) is 2.85. The van der Waals surface area contributed by atoms with Gasteiger partial charge in [-0.1, -0.05) is 19.1 Å². The van der Waals surface area contributed by atoms with Crippen molar-refractivity contribution in [1.29, 1.82) is 0 Å². The Balaban J connectivity index is 2.77. The number of ether oxygens (including phenoxy) is 1. The lowest BCUT2D eigenvalue weighted by atomic mass is 10.1. The van der Waals surface area contributed by atoms with Crippen LogP contribution in [0, 0.1) is 5.92 Å². The summed E-state index contributed by atoms with van der Waals surface area (Å²) in [6.45, 7) is 7.53. The van der Waals surface area contributed by atoms with E-state index in [4.69, 9.17) is 16.3 Å². The fraction of sp³-hybridized carbons (Fsp3) is 0.600. The van der Waals surface area contributed by atoms with Gasteiger partial charge in [0, 0.05) is 11.9 Å². The number of halogens is 1. The van der Waals surface area contributed by atoms with E-state index in [2.05, 4.69) is 4.72 Å². The highest BCUT2D eigenvalue weighted by Gasteiger charge is 2.19. The summed E-state index contributed by atoms with van der Waals surface area (Å²) in [5.74, 6) is 1.02. The van der Waals surface area contributed by atoms with Crippen molar-refractivity contribution >= 4 is 21.6 Å². The summed E-state index contributed by atoms with van der Waals surface area (Å²) in [5, 5.41) is 0. The normalized spacial score (nSPS) is 15.0. The molecular weight excluding hydrogens is 310 g/mol. The molecule has 0 radical (unpaired) electrons. The van der Waals surface area contributed by atoms with E-state index in [0.29, 0.717) is 5.88 Å². The van der Waals surface area contributed by atoms with Crippen molar-refractivity contribution in [2.24, 2.45) is 5.92 Å². The van der Waals surface area contributed by atoms with Crippen molar-refractivity contribution in [3.05, 3.63) is 29.8 Å². The first-order valence-electron chi connectivity index (χ1n) is 7.06. The van der Waals surface area contributed by atoms with Gasteiger partial charge in [-0.2, -0.15) is 0 Å². The Kier molecular flexibility index (Phi) is 6.97. The van der Waals surface area contributed by atoms with E-state index >= 15 is 0 Å². The molecule has 1 N–H and O–H groups in total. The van der Waals surface area contributed by atoms with Crippen LogP contribution in [-0.2, 0) is 10.0 Å². The van der Waals surface area contributed by atoms with Crippen LogP contribution in [0.25, 0.3) is 0 Å². The van der Waals surface area contributed by atoms with E-state index in [1.807, 2.05) is 52.0 Å². The highest BCUT2D eigenvalue weighted by Crippen LogP contribution is 2.21. The number of sulfonamides is 1. The van der Waals surface area contributed by atoms with Gasteiger partial charge in [0.05, 0.1) is 11.9 Å². The maximum atomic E-state index is 12.0. The molecule has 0 amide bonds. The third-order valence-corrected chi connectivity index (χ3v) is 5.10. The molecule has 0 bridgehead atoms. The average Bonchev–Trinajstić information content (AvgIpc) is 2.36. The van der Waals surface area contributed by atoms with Gasteiger partial charge < -0.3 is 4.74 Å². The smallest absolute Gasteiger partial charge is 0.212 e. The lowest BCUT2D eigenvalue weighted by Crippen LogP contribution is -2.31. The van der Waals surface area contributed by atoms with Crippen LogP contribution in [-0.4, -0.2) is 26.2 Å². The van der Waals surface area contributed by atoms with E-state index in [-0.39, 0.29) is 23.8 Å². The Morgan fingerprint density at radius 3 is 2.48 bits per heavy atom. The molecule has 0 saturated carbocycles. The lowest BCUT2D eigenvalue weighted by molar-refractivity contribution is 0.242. The van der Waals surface area contributed by atoms with E-state index in [9.17, 15) is 8.42 Å². The Morgan fingerprint density at radius 1 is 1.24 bits per heavy atom. The molecule has 6 heteroatoms. The van der Waals surface area contributed by atoms with Gasteiger partial charge in [0.1, 0.15) is 5.75 Å². The van der Waals surface area contributed by atoms with Crippen LogP contribution in [0.4, 0.5) is 0 Å². The second kappa shape index (κ2) is 8.01. The highest BCUT2D eigenvalue weighted by atomic mass is 35.5. The first-order chi connectivity index (χ1) is 9.73. The summed E-state index contributed by atoms with van der Waals surface area (Å²) in [6, 6.07) is 7.15. The number of hydrogen-bond acceptors (Lipinski definition) is 3. The van der Waals surface area contributed by atoms with Crippen molar-refractivity contribution in [2.75, 3.05) is 11.6 Å².